The van der Waals surface area contributed by atoms with Gasteiger partial charge in [-0.15, -0.1) is 0 Å². The first-order valence-corrected chi connectivity index (χ1v) is 7.88. The topological polar surface area (TPSA) is 37.6 Å². The lowest BCUT2D eigenvalue weighted by molar-refractivity contribution is 0.0314. The second-order valence-corrected chi connectivity index (χ2v) is 5.57. The molecule has 1 aromatic carbocycles. The maximum absolute atomic E-state index is 6.11. The number of rotatable bonds is 6. The van der Waals surface area contributed by atoms with E-state index in [-0.39, 0.29) is 0 Å². The molecule has 0 bridgehead atoms. The second kappa shape index (κ2) is 7.07. The molecule has 0 amide bonds. The summed E-state index contributed by atoms with van der Waals surface area (Å²) in [4.78, 5) is 2.41. The number of furan rings is 1. The fourth-order valence-corrected chi connectivity index (χ4v) is 2.82. The number of fused-ring (bicyclic) bond motifs is 1. The van der Waals surface area contributed by atoms with Gasteiger partial charge in [-0.2, -0.15) is 0 Å². The van der Waals surface area contributed by atoms with Crippen molar-refractivity contribution >= 4 is 11.0 Å². The van der Waals surface area contributed by atoms with Crippen LogP contribution in [0.5, 0.6) is 0 Å². The van der Waals surface area contributed by atoms with Crippen LogP contribution in [0.15, 0.2) is 28.7 Å². The molecular weight excluding hydrogens is 264 g/mol. The van der Waals surface area contributed by atoms with Gasteiger partial charge < -0.3 is 14.5 Å². The van der Waals surface area contributed by atoms with Crippen LogP contribution in [0.1, 0.15) is 24.7 Å². The second-order valence-electron chi connectivity index (χ2n) is 5.57. The molecule has 0 radical (unpaired) electrons. The smallest absolute Gasteiger partial charge is 0.134 e. The Labute approximate surface area is 126 Å². The maximum Gasteiger partial charge on any atom is 0.134 e. The number of nitrogens with zero attached hydrogens (tertiary/aromatic N) is 1. The molecule has 0 spiro atoms. The Balaban J connectivity index is 1.82. The van der Waals surface area contributed by atoms with Gasteiger partial charge in [0.2, 0.25) is 0 Å². The lowest BCUT2D eigenvalue weighted by Gasteiger charge is -2.26. The van der Waals surface area contributed by atoms with Crippen LogP contribution in [-0.2, 0) is 17.8 Å². The number of para-hydroxylation sites is 1. The van der Waals surface area contributed by atoms with E-state index in [9.17, 15) is 0 Å². The summed E-state index contributed by atoms with van der Waals surface area (Å²) in [5, 5.41) is 4.74. The molecule has 21 heavy (non-hydrogen) atoms. The van der Waals surface area contributed by atoms with Crippen molar-refractivity contribution in [2.75, 3.05) is 32.8 Å². The van der Waals surface area contributed by atoms with Gasteiger partial charge in [0.05, 0.1) is 19.8 Å². The molecular formula is C17H24N2O2. The van der Waals surface area contributed by atoms with Crippen molar-refractivity contribution < 1.29 is 9.15 Å². The minimum atomic E-state index is 0.823. The van der Waals surface area contributed by atoms with E-state index in [1.807, 2.05) is 6.07 Å². The summed E-state index contributed by atoms with van der Waals surface area (Å²) in [5.41, 5.74) is 2.31. The Kier molecular flexibility index (Phi) is 4.91. The SMILES string of the molecule is CCCNCc1c(CN2CCOCC2)oc2ccccc12. The van der Waals surface area contributed by atoms with Gasteiger partial charge >= 0.3 is 0 Å². The molecule has 1 aromatic heterocycles. The Morgan fingerprint density at radius 1 is 1.19 bits per heavy atom. The van der Waals surface area contributed by atoms with Crippen molar-refractivity contribution in [3.63, 3.8) is 0 Å². The van der Waals surface area contributed by atoms with Gasteiger partial charge in [0, 0.05) is 30.6 Å². The first-order valence-electron chi connectivity index (χ1n) is 7.88. The van der Waals surface area contributed by atoms with Crippen molar-refractivity contribution in [1.82, 2.24) is 10.2 Å². The molecule has 2 aromatic rings. The molecule has 3 rings (SSSR count). The fraction of sp³-hybridized carbons (Fsp3) is 0.529. The molecule has 1 fully saturated rings. The first-order chi connectivity index (χ1) is 10.4. The zero-order valence-electron chi connectivity index (χ0n) is 12.7. The van der Waals surface area contributed by atoms with Gasteiger partial charge in [0.25, 0.3) is 0 Å². The third-order valence-electron chi connectivity index (χ3n) is 3.98. The zero-order chi connectivity index (χ0) is 14.5. The number of nitrogens with one attached hydrogen (secondary N) is 1. The van der Waals surface area contributed by atoms with E-state index in [1.54, 1.807) is 0 Å². The molecule has 1 N–H and O–H groups in total. The minimum Gasteiger partial charge on any atom is -0.459 e. The van der Waals surface area contributed by atoms with Crippen LogP contribution in [0, 0.1) is 0 Å². The van der Waals surface area contributed by atoms with Crippen LogP contribution in [-0.4, -0.2) is 37.7 Å². The normalized spacial score (nSPS) is 16.6. The van der Waals surface area contributed by atoms with Crippen LogP contribution in [0.2, 0.25) is 0 Å². The van der Waals surface area contributed by atoms with Crippen molar-refractivity contribution in [3.8, 4) is 0 Å². The third-order valence-corrected chi connectivity index (χ3v) is 3.98. The summed E-state index contributed by atoms with van der Waals surface area (Å²) < 4.78 is 11.5. The largest absolute Gasteiger partial charge is 0.459 e. The number of morpholine rings is 1. The van der Waals surface area contributed by atoms with Gasteiger partial charge in [-0.05, 0) is 19.0 Å². The van der Waals surface area contributed by atoms with Gasteiger partial charge in [0.15, 0.2) is 0 Å². The van der Waals surface area contributed by atoms with E-state index in [0.717, 1.165) is 63.7 Å². The predicted molar refractivity (Wildman–Crippen MR) is 84.3 cm³/mol. The van der Waals surface area contributed by atoms with E-state index in [0.29, 0.717) is 0 Å². The van der Waals surface area contributed by atoms with Crippen LogP contribution in [0.25, 0.3) is 11.0 Å². The van der Waals surface area contributed by atoms with Gasteiger partial charge in [-0.25, -0.2) is 0 Å². The Hall–Kier alpha value is -1.36. The lowest BCUT2D eigenvalue weighted by atomic mass is 10.1. The molecule has 1 aliphatic rings. The highest BCUT2D eigenvalue weighted by molar-refractivity contribution is 5.82. The molecule has 1 saturated heterocycles. The van der Waals surface area contributed by atoms with Crippen molar-refractivity contribution in [2.24, 2.45) is 0 Å². The Bertz CT molecular complexity index is 573. The number of benzene rings is 1. The quantitative estimate of drug-likeness (QED) is 0.829. The average Bonchev–Trinajstić information content (AvgIpc) is 2.86. The summed E-state index contributed by atoms with van der Waals surface area (Å²) in [6, 6.07) is 8.33. The fourth-order valence-electron chi connectivity index (χ4n) is 2.82. The Morgan fingerprint density at radius 2 is 2.00 bits per heavy atom. The number of hydrogen-bond donors (Lipinski definition) is 1. The lowest BCUT2D eigenvalue weighted by Crippen LogP contribution is -2.35. The minimum absolute atomic E-state index is 0.823. The van der Waals surface area contributed by atoms with Crippen LogP contribution < -0.4 is 5.32 Å². The van der Waals surface area contributed by atoms with Gasteiger partial charge in [-0.3, -0.25) is 4.90 Å². The molecule has 114 valence electrons. The molecule has 1 aliphatic heterocycles. The highest BCUT2D eigenvalue weighted by atomic mass is 16.5. The monoisotopic (exact) mass is 288 g/mol. The highest BCUT2D eigenvalue weighted by Crippen LogP contribution is 2.27. The van der Waals surface area contributed by atoms with Crippen molar-refractivity contribution in [3.05, 3.63) is 35.6 Å². The summed E-state index contributed by atoms with van der Waals surface area (Å²) in [7, 11) is 0. The van der Waals surface area contributed by atoms with Gasteiger partial charge in [0.1, 0.15) is 11.3 Å². The standard InChI is InChI=1S/C17H24N2O2/c1-2-7-18-12-15-14-5-3-4-6-16(14)21-17(15)13-19-8-10-20-11-9-19/h3-6,18H,2,7-13H2,1H3. The van der Waals surface area contributed by atoms with Crippen molar-refractivity contribution in [2.45, 2.75) is 26.4 Å². The van der Waals surface area contributed by atoms with Crippen LogP contribution in [0.4, 0.5) is 0 Å². The first kappa shape index (κ1) is 14.6. The molecule has 0 saturated carbocycles. The van der Waals surface area contributed by atoms with Gasteiger partial charge in [-0.1, -0.05) is 25.1 Å². The summed E-state index contributed by atoms with van der Waals surface area (Å²) in [6.45, 7) is 8.60. The molecule has 0 unspecified atom stereocenters. The molecule has 0 aliphatic carbocycles. The van der Waals surface area contributed by atoms with E-state index in [4.69, 9.17) is 9.15 Å². The van der Waals surface area contributed by atoms with E-state index < -0.39 is 0 Å². The Morgan fingerprint density at radius 3 is 2.81 bits per heavy atom. The summed E-state index contributed by atoms with van der Waals surface area (Å²) >= 11 is 0. The zero-order valence-corrected chi connectivity index (χ0v) is 12.7. The number of ether oxygens (including phenoxy) is 1. The van der Waals surface area contributed by atoms with Crippen molar-refractivity contribution in [1.29, 1.82) is 0 Å². The maximum atomic E-state index is 6.11. The summed E-state index contributed by atoms with van der Waals surface area (Å²) in [6.07, 6.45) is 1.15. The number of hydrogen-bond acceptors (Lipinski definition) is 4. The highest BCUT2D eigenvalue weighted by Gasteiger charge is 2.18. The van der Waals surface area contributed by atoms with E-state index in [2.05, 4.69) is 35.3 Å². The average molecular weight is 288 g/mol. The predicted octanol–water partition coefficient (Wildman–Crippen LogP) is 2.76. The molecule has 2 heterocycles. The molecule has 4 heteroatoms. The van der Waals surface area contributed by atoms with Crippen LogP contribution >= 0.6 is 0 Å². The van der Waals surface area contributed by atoms with E-state index in [1.165, 1.54) is 10.9 Å². The summed E-state index contributed by atoms with van der Waals surface area (Å²) in [5.74, 6) is 1.10. The van der Waals surface area contributed by atoms with Crippen LogP contribution in [0.3, 0.4) is 0 Å². The third kappa shape index (κ3) is 3.46. The van der Waals surface area contributed by atoms with E-state index >= 15 is 0 Å². The molecule has 4 nitrogen and oxygen atoms in total. The molecule has 0 atom stereocenters.